The van der Waals surface area contributed by atoms with Gasteiger partial charge < -0.3 is 14.8 Å². The summed E-state index contributed by atoms with van der Waals surface area (Å²) >= 11 is 6.50. The molecule has 2 aromatic rings. The van der Waals surface area contributed by atoms with Gasteiger partial charge in [0.2, 0.25) is 5.91 Å². The first-order valence-electron chi connectivity index (χ1n) is 13.6. The first kappa shape index (κ1) is 24.6. The van der Waals surface area contributed by atoms with Crippen molar-refractivity contribution in [1.82, 2.24) is 5.32 Å². The van der Waals surface area contributed by atoms with E-state index in [0.29, 0.717) is 5.02 Å². The van der Waals surface area contributed by atoms with Crippen molar-refractivity contribution in [2.75, 3.05) is 4.90 Å². The van der Waals surface area contributed by atoms with E-state index in [4.69, 9.17) is 11.6 Å². The number of carbonyl (C=O) groups excluding carboxylic acids is 2. The van der Waals surface area contributed by atoms with Crippen LogP contribution in [0.15, 0.2) is 42.5 Å². The van der Waals surface area contributed by atoms with Gasteiger partial charge in [0.05, 0.1) is 0 Å². The molecule has 1 aliphatic heterocycles. The van der Waals surface area contributed by atoms with Crippen LogP contribution in [0.2, 0.25) is 5.02 Å². The lowest BCUT2D eigenvalue weighted by atomic mass is 9.65. The molecular weight excluding hydrogens is 488 g/mol. The fraction of sp³-hybridized carbons (Fsp3) is 0.500. The molecule has 1 heterocycles. The number of aldehydes is 1. The Bertz CT molecular complexity index is 1240. The summed E-state index contributed by atoms with van der Waals surface area (Å²) in [5.41, 5.74) is 2.69. The summed E-state index contributed by atoms with van der Waals surface area (Å²) in [5, 5.41) is 14.5. The minimum absolute atomic E-state index is 0.0456. The average Bonchev–Trinajstić information content (AvgIpc) is 3.58. The molecule has 37 heavy (non-hydrogen) atoms. The summed E-state index contributed by atoms with van der Waals surface area (Å²) in [6, 6.07) is 13.9. The lowest BCUT2D eigenvalue weighted by Gasteiger charge is -2.50. The number of fused-ring (bicyclic) bond motifs is 3. The van der Waals surface area contributed by atoms with Crippen molar-refractivity contribution in [3.05, 3.63) is 64.2 Å². The predicted octanol–water partition coefficient (Wildman–Crippen LogP) is 4.91. The topological polar surface area (TPSA) is 86.7 Å². The highest BCUT2D eigenvalue weighted by Gasteiger charge is 2.58. The van der Waals surface area contributed by atoms with Gasteiger partial charge in [-0.2, -0.15) is 0 Å². The molecule has 0 saturated heterocycles. The van der Waals surface area contributed by atoms with E-state index in [2.05, 4.69) is 23.5 Å². The Hall–Kier alpha value is -2.70. The summed E-state index contributed by atoms with van der Waals surface area (Å²) in [4.78, 5) is 41.2. The van der Waals surface area contributed by atoms with E-state index in [-0.39, 0.29) is 36.2 Å². The number of hydrogen-bond acceptors (Lipinski definition) is 4. The van der Waals surface area contributed by atoms with Crippen LogP contribution in [0.5, 0.6) is 0 Å². The van der Waals surface area contributed by atoms with Crippen LogP contribution in [0.25, 0.3) is 0 Å². The van der Waals surface area contributed by atoms with Gasteiger partial charge in [-0.3, -0.25) is 14.9 Å². The number of carboxylic acids is 1. The van der Waals surface area contributed by atoms with Crippen molar-refractivity contribution in [2.24, 2.45) is 11.8 Å². The molecule has 3 aliphatic carbocycles. The molecule has 2 aromatic carbocycles. The first-order valence-corrected chi connectivity index (χ1v) is 13.9. The molecule has 6 rings (SSSR count). The maximum absolute atomic E-state index is 14.3. The zero-order valence-corrected chi connectivity index (χ0v) is 21.6. The van der Waals surface area contributed by atoms with Gasteiger partial charge in [0.15, 0.2) is 0 Å². The fourth-order valence-corrected chi connectivity index (χ4v) is 7.54. The van der Waals surface area contributed by atoms with Crippen LogP contribution in [0.1, 0.15) is 67.6 Å². The van der Waals surface area contributed by atoms with Crippen LogP contribution in [-0.4, -0.2) is 40.9 Å². The minimum Gasteiger partial charge on any atom is -0.480 e. The van der Waals surface area contributed by atoms with E-state index in [9.17, 15) is 19.5 Å². The SMILES string of the molecule is O=CCC(NC1CC1)(C(=O)O)C1c2ccc(Cl)cc2N(C(=O)C2CCc3ccccc3C2)C2CCCC21. The number of carboxylic acid groups (broad SMARTS) is 1. The summed E-state index contributed by atoms with van der Waals surface area (Å²) in [7, 11) is 0. The molecule has 2 saturated carbocycles. The molecule has 1 amide bonds. The Balaban J connectivity index is 1.44. The van der Waals surface area contributed by atoms with Crippen molar-refractivity contribution >= 4 is 35.5 Å². The van der Waals surface area contributed by atoms with Gasteiger partial charge in [-0.15, -0.1) is 0 Å². The van der Waals surface area contributed by atoms with Gasteiger partial charge in [0, 0.05) is 41.1 Å². The number of amides is 1. The lowest BCUT2D eigenvalue weighted by molar-refractivity contribution is -0.148. The number of carbonyl (C=O) groups is 3. The highest BCUT2D eigenvalue weighted by atomic mass is 35.5. The van der Waals surface area contributed by atoms with Gasteiger partial charge in [-0.25, -0.2) is 0 Å². The number of rotatable bonds is 7. The second-order valence-electron chi connectivity index (χ2n) is 11.3. The molecular formula is C30H33ClN2O4. The van der Waals surface area contributed by atoms with Crippen LogP contribution in [0.4, 0.5) is 5.69 Å². The maximum atomic E-state index is 14.3. The second kappa shape index (κ2) is 9.55. The number of aliphatic carboxylic acids is 1. The largest absolute Gasteiger partial charge is 0.480 e. The Morgan fingerprint density at radius 2 is 1.86 bits per heavy atom. The van der Waals surface area contributed by atoms with E-state index >= 15 is 0 Å². The first-order chi connectivity index (χ1) is 17.9. The van der Waals surface area contributed by atoms with Crippen molar-refractivity contribution in [3.8, 4) is 0 Å². The van der Waals surface area contributed by atoms with E-state index in [1.165, 1.54) is 11.1 Å². The average molecular weight is 521 g/mol. The molecule has 2 N–H and O–H groups in total. The van der Waals surface area contributed by atoms with E-state index in [1.807, 2.05) is 23.1 Å². The van der Waals surface area contributed by atoms with Crippen molar-refractivity contribution < 1.29 is 19.5 Å². The number of benzene rings is 2. The zero-order valence-electron chi connectivity index (χ0n) is 20.9. The van der Waals surface area contributed by atoms with Gasteiger partial charge in [-0.1, -0.05) is 48.4 Å². The summed E-state index contributed by atoms with van der Waals surface area (Å²) in [6.45, 7) is 0. The Labute approximate surface area is 222 Å². The quantitative estimate of drug-likeness (QED) is 0.507. The molecule has 5 atom stereocenters. The van der Waals surface area contributed by atoms with Gasteiger partial charge in [0.25, 0.3) is 0 Å². The monoisotopic (exact) mass is 520 g/mol. The zero-order chi connectivity index (χ0) is 25.7. The molecule has 6 nitrogen and oxygen atoms in total. The van der Waals surface area contributed by atoms with Crippen molar-refractivity contribution in [1.29, 1.82) is 0 Å². The molecule has 0 aromatic heterocycles. The van der Waals surface area contributed by atoms with Gasteiger partial charge >= 0.3 is 5.97 Å². The number of aryl methyl sites for hydroxylation is 1. The second-order valence-corrected chi connectivity index (χ2v) is 11.8. The third-order valence-corrected chi connectivity index (χ3v) is 9.40. The van der Waals surface area contributed by atoms with E-state index < -0.39 is 17.4 Å². The summed E-state index contributed by atoms with van der Waals surface area (Å²) < 4.78 is 0. The lowest BCUT2D eigenvalue weighted by Crippen LogP contribution is -2.63. The molecule has 5 unspecified atom stereocenters. The fourth-order valence-electron chi connectivity index (χ4n) is 7.38. The van der Waals surface area contributed by atoms with Crippen molar-refractivity contribution in [2.45, 2.75) is 81.3 Å². The molecule has 2 fully saturated rings. The summed E-state index contributed by atoms with van der Waals surface area (Å²) in [5.74, 6) is -1.47. The van der Waals surface area contributed by atoms with Crippen LogP contribution in [0, 0.1) is 11.8 Å². The van der Waals surface area contributed by atoms with E-state index in [1.54, 1.807) is 6.07 Å². The van der Waals surface area contributed by atoms with Gasteiger partial charge in [0.1, 0.15) is 11.8 Å². The predicted molar refractivity (Wildman–Crippen MR) is 142 cm³/mol. The van der Waals surface area contributed by atoms with Crippen LogP contribution in [-0.2, 0) is 27.2 Å². The standard InChI is InChI=1S/C30H33ClN2O4/c31-21-10-13-24-26(17-21)33(28(35)20-9-8-18-4-1-2-5-19(18)16-20)25-7-3-6-23(25)27(24)30(14-15-34,29(36)37)32-22-11-12-22/h1-2,4-5,10,13,15,17,20,22-23,25,27,32H,3,6-9,11-12,14,16H2,(H,36,37). The minimum atomic E-state index is -1.41. The highest BCUT2D eigenvalue weighted by Crippen LogP contribution is 2.55. The molecule has 0 spiro atoms. The van der Waals surface area contributed by atoms with E-state index in [0.717, 1.165) is 68.9 Å². The molecule has 7 heteroatoms. The smallest absolute Gasteiger partial charge is 0.325 e. The third kappa shape index (κ3) is 4.18. The maximum Gasteiger partial charge on any atom is 0.325 e. The number of hydrogen-bond donors (Lipinski definition) is 2. The molecule has 4 aliphatic rings. The Kier molecular flexibility index (Phi) is 6.36. The van der Waals surface area contributed by atoms with Gasteiger partial charge in [-0.05, 0) is 79.7 Å². The van der Waals surface area contributed by atoms with Crippen LogP contribution in [0.3, 0.4) is 0 Å². The highest BCUT2D eigenvalue weighted by molar-refractivity contribution is 6.31. The normalized spacial score (nSPS) is 28.0. The Morgan fingerprint density at radius 1 is 1.08 bits per heavy atom. The molecule has 194 valence electrons. The third-order valence-electron chi connectivity index (χ3n) is 9.17. The van der Waals surface area contributed by atoms with Crippen molar-refractivity contribution in [3.63, 3.8) is 0 Å². The Morgan fingerprint density at radius 3 is 2.59 bits per heavy atom. The molecule has 0 bridgehead atoms. The van der Waals surface area contributed by atoms with Crippen LogP contribution >= 0.6 is 11.6 Å². The summed E-state index contributed by atoms with van der Waals surface area (Å²) in [6.07, 6.45) is 7.43. The number of anilines is 1. The molecule has 0 radical (unpaired) electrons. The number of nitrogens with zero attached hydrogens (tertiary/aromatic N) is 1. The number of halogens is 1. The van der Waals surface area contributed by atoms with Crippen LogP contribution < -0.4 is 10.2 Å². The number of nitrogens with one attached hydrogen (secondary N) is 1.